The number of amides is 2. The quantitative estimate of drug-likeness (QED) is 0.273. The molecule has 1 fully saturated rings. The Labute approximate surface area is 259 Å². The van der Waals surface area contributed by atoms with Gasteiger partial charge in [0.25, 0.3) is 5.56 Å². The summed E-state index contributed by atoms with van der Waals surface area (Å²) in [5.41, 5.74) is 3.49. The Kier molecular flexibility index (Phi) is 8.44. The van der Waals surface area contributed by atoms with Crippen LogP contribution in [0.3, 0.4) is 0 Å². The molecule has 0 unspecified atom stereocenters. The third kappa shape index (κ3) is 6.48. The zero-order chi connectivity index (χ0) is 31.7. The fourth-order valence-electron chi connectivity index (χ4n) is 5.90. The first-order chi connectivity index (χ1) is 21.7. The minimum absolute atomic E-state index is 0.00253. The zero-order valence-electron chi connectivity index (χ0n) is 25.3. The number of hydrogen-bond acceptors (Lipinski definition) is 7. The number of carbonyl (C=O) groups excluding carboxylic acids is 2. The van der Waals surface area contributed by atoms with Gasteiger partial charge < -0.3 is 29.4 Å². The molecule has 4 aromatic rings. The summed E-state index contributed by atoms with van der Waals surface area (Å²) in [6.45, 7) is 4.80. The minimum Gasteiger partial charge on any atom is -0.484 e. The van der Waals surface area contributed by atoms with Crippen molar-refractivity contribution < 1.29 is 28.2 Å². The molecule has 4 bridgehead atoms. The molecule has 10 nitrogen and oxygen atoms in total. The number of nitrogens with zero attached hydrogens (tertiary/aromatic N) is 1. The smallest absolute Gasteiger partial charge is 0.411 e. The fraction of sp³-hybridized carbons (Fsp3) is 0.324. The summed E-state index contributed by atoms with van der Waals surface area (Å²) in [6, 6.07) is 14.8. The molecule has 1 saturated heterocycles. The molecule has 3 aromatic carbocycles. The average Bonchev–Trinajstić information content (AvgIpc) is 3.53. The van der Waals surface area contributed by atoms with Crippen molar-refractivity contribution in [2.24, 2.45) is 0 Å². The Bertz CT molecular complexity index is 1820. The van der Waals surface area contributed by atoms with Gasteiger partial charge in [-0.05, 0) is 53.3 Å². The summed E-state index contributed by atoms with van der Waals surface area (Å²) < 4.78 is 32.5. The lowest BCUT2D eigenvalue weighted by Crippen LogP contribution is -2.35. The lowest BCUT2D eigenvalue weighted by atomic mass is 9.93. The number of anilines is 2. The normalized spacial score (nSPS) is 20.6. The third-order valence-corrected chi connectivity index (χ3v) is 8.28. The van der Waals surface area contributed by atoms with E-state index >= 15 is 4.39 Å². The summed E-state index contributed by atoms with van der Waals surface area (Å²) in [4.78, 5) is 43.7. The van der Waals surface area contributed by atoms with E-state index in [2.05, 4.69) is 15.6 Å². The van der Waals surface area contributed by atoms with Gasteiger partial charge in [0.05, 0.1) is 19.8 Å². The van der Waals surface area contributed by atoms with Gasteiger partial charge in [0.1, 0.15) is 12.1 Å². The van der Waals surface area contributed by atoms with Crippen LogP contribution in [0.2, 0.25) is 0 Å². The number of likely N-dealkylation sites (N-methyl/N-ethyl adjacent to an activating group) is 1. The van der Waals surface area contributed by atoms with Crippen molar-refractivity contribution in [1.29, 1.82) is 0 Å². The van der Waals surface area contributed by atoms with Gasteiger partial charge in [-0.15, -0.1) is 0 Å². The van der Waals surface area contributed by atoms with E-state index in [0.717, 1.165) is 16.5 Å². The van der Waals surface area contributed by atoms with Crippen molar-refractivity contribution in [3.05, 3.63) is 99.2 Å². The predicted molar refractivity (Wildman–Crippen MR) is 168 cm³/mol. The summed E-state index contributed by atoms with van der Waals surface area (Å²) >= 11 is 0. The van der Waals surface area contributed by atoms with Crippen molar-refractivity contribution in [2.45, 2.75) is 44.9 Å². The molecule has 7 rings (SSSR count). The van der Waals surface area contributed by atoms with Gasteiger partial charge in [-0.1, -0.05) is 31.2 Å². The number of rotatable bonds is 4. The van der Waals surface area contributed by atoms with E-state index in [4.69, 9.17) is 14.2 Å². The van der Waals surface area contributed by atoms with E-state index in [1.165, 1.54) is 11.0 Å². The number of fused-ring (bicyclic) bond motifs is 10. The number of pyridine rings is 1. The van der Waals surface area contributed by atoms with E-state index < -0.39 is 18.0 Å². The predicted octanol–water partition coefficient (Wildman–Crippen LogP) is 5.62. The number of ether oxygens (including phenoxy) is 3. The maximum atomic E-state index is 15.6. The van der Waals surface area contributed by atoms with E-state index in [1.807, 2.05) is 50.2 Å². The molecule has 3 atom stereocenters. The molecule has 1 aromatic heterocycles. The standard InChI is InChI=1S/C34H35FN4O6/c1-19-12-22-5-7-27(19)20(2)17-44-34(42)38-25-13-23(31(29(35)15-25)45-26-9-11-43-18-26)16-39(3)33(41)30(22)37-24-6-4-21-8-10-36-32(40)28(21)14-24/h4-8,10,12-15,20,26,30,37H,9,11,16-18H2,1-3H3,(H,36,40)(H,38,42)/t20-,26-,30+/m0/s1. The van der Waals surface area contributed by atoms with Crippen LogP contribution in [-0.2, 0) is 20.8 Å². The maximum Gasteiger partial charge on any atom is 0.411 e. The topological polar surface area (TPSA) is 122 Å². The van der Waals surface area contributed by atoms with Crippen LogP contribution < -0.4 is 20.9 Å². The van der Waals surface area contributed by atoms with E-state index in [1.54, 1.807) is 25.4 Å². The molecule has 0 radical (unpaired) electrons. The van der Waals surface area contributed by atoms with Crippen LogP contribution in [0.4, 0.5) is 20.6 Å². The Morgan fingerprint density at radius 1 is 1.04 bits per heavy atom. The summed E-state index contributed by atoms with van der Waals surface area (Å²) in [5, 5.41) is 7.23. The number of aryl methyl sites for hydroxylation is 1. The Morgan fingerprint density at radius 3 is 2.67 bits per heavy atom. The van der Waals surface area contributed by atoms with Crippen molar-refractivity contribution in [3.8, 4) is 5.75 Å². The molecule has 4 heterocycles. The van der Waals surface area contributed by atoms with E-state index in [-0.39, 0.29) is 48.1 Å². The highest BCUT2D eigenvalue weighted by Crippen LogP contribution is 2.33. The number of halogens is 1. The molecule has 3 aliphatic rings. The van der Waals surface area contributed by atoms with Crippen molar-refractivity contribution >= 4 is 34.1 Å². The average molecular weight is 615 g/mol. The summed E-state index contributed by atoms with van der Waals surface area (Å²) in [5.74, 6) is -1.12. The molecule has 0 saturated carbocycles. The molecular weight excluding hydrogens is 579 g/mol. The SMILES string of the molecule is Cc1cc2ccc1[C@@H](C)COC(=O)Nc1cc(F)c(O[C@H]3CCOC3)c(c1)CN(C)C(=O)[C@@H]2Nc1ccc2cc[nH]c(=O)c2c1. The van der Waals surface area contributed by atoms with Crippen LogP contribution in [0.1, 0.15) is 47.6 Å². The Hall–Kier alpha value is -4.90. The van der Waals surface area contributed by atoms with Gasteiger partial charge in [-0.2, -0.15) is 0 Å². The Balaban J connectivity index is 1.41. The molecule has 11 heteroatoms. The highest BCUT2D eigenvalue weighted by atomic mass is 19.1. The van der Waals surface area contributed by atoms with E-state index in [0.29, 0.717) is 41.8 Å². The molecule has 3 N–H and O–H groups in total. The summed E-state index contributed by atoms with van der Waals surface area (Å²) in [6.07, 6.45) is 1.15. The second-order valence-corrected chi connectivity index (χ2v) is 11.7. The van der Waals surface area contributed by atoms with Gasteiger partial charge >= 0.3 is 6.09 Å². The van der Waals surface area contributed by atoms with Crippen molar-refractivity contribution in [3.63, 3.8) is 0 Å². The highest BCUT2D eigenvalue weighted by molar-refractivity contribution is 5.89. The molecule has 45 heavy (non-hydrogen) atoms. The lowest BCUT2D eigenvalue weighted by Gasteiger charge is -2.28. The maximum absolute atomic E-state index is 15.6. The molecule has 3 aliphatic heterocycles. The van der Waals surface area contributed by atoms with Crippen molar-refractivity contribution in [1.82, 2.24) is 9.88 Å². The van der Waals surface area contributed by atoms with Crippen LogP contribution in [0, 0.1) is 12.7 Å². The minimum atomic E-state index is -0.845. The van der Waals surface area contributed by atoms with Gasteiger partial charge in [0.15, 0.2) is 11.6 Å². The second-order valence-electron chi connectivity index (χ2n) is 11.7. The zero-order valence-corrected chi connectivity index (χ0v) is 25.3. The lowest BCUT2D eigenvalue weighted by molar-refractivity contribution is -0.131. The number of benzene rings is 3. The first-order valence-electron chi connectivity index (χ1n) is 14.9. The van der Waals surface area contributed by atoms with Gasteiger partial charge in [-0.3, -0.25) is 14.9 Å². The van der Waals surface area contributed by atoms with Crippen LogP contribution >= 0.6 is 0 Å². The highest BCUT2D eigenvalue weighted by Gasteiger charge is 2.28. The van der Waals surface area contributed by atoms with Crippen molar-refractivity contribution in [2.75, 3.05) is 37.5 Å². The number of aromatic amines is 1. The number of carbonyl (C=O) groups is 2. The largest absolute Gasteiger partial charge is 0.484 e. The van der Waals surface area contributed by atoms with Gasteiger partial charge in [0.2, 0.25) is 5.91 Å². The Morgan fingerprint density at radius 2 is 1.89 bits per heavy atom. The number of H-pyrrole nitrogens is 1. The second kappa shape index (κ2) is 12.6. The summed E-state index contributed by atoms with van der Waals surface area (Å²) in [7, 11) is 1.63. The molecule has 2 amide bonds. The van der Waals surface area contributed by atoms with Crippen LogP contribution in [0.25, 0.3) is 10.8 Å². The fourth-order valence-corrected chi connectivity index (χ4v) is 5.90. The van der Waals surface area contributed by atoms with E-state index in [9.17, 15) is 14.4 Å². The van der Waals surface area contributed by atoms with Crippen LogP contribution in [0.15, 0.2) is 65.6 Å². The van der Waals surface area contributed by atoms with Crippen LogP contribution in [0.5, 0.6) is 5.75 Å². The molecule has 0 aliphatic carbocycles. The third-order valence-electron chi connectivity index (χ3n) is 8.28. The molecule has 0 spiro atoms. The number of nitrogens with one attached hydrogen (secondary N) is 3. The first-order valence-corrected chi connectivity index (χ1v) is 14.9. The number of hydrogen-bond donors (Lipinski definition) is 3. The van der Waals surface area contributed by atoms with Gasteiger partial charge in [0, 0.05) is 60.5 Å². The van der Waals surface area contributed by atoms with Gasteiger partial charge in [-0.25, -0.2) is 9.18 Å². The monoisotopic (exact) mass is 614 g/mol. The molecule has 234 valence electrons. The van der Waals surface area contributed by atoms with Crippen LogP contribution in [-0.4, -0.2) is 54.9 Å². The number of aromatic nitrogens is 1. The molecular formula is C34H35FN4O6. The first kappa shape index (κ1) is 30.1.